The zero-order chi connectivity index (χ0) is 19.1. The van der Waals surface area contributed by atoms with E-state index >= 15 is 0 Å². The average molecular weight is 378 g/mol. The van der Waals surface area contributed by atoms with Crippen LogP contribution in [0.5, 0.6) is 0 Å². The summed E-state index contributed by atoms with van der Waals surface area (Å²) in [5.41, 5.74) is 0. The summed E-state index contributed by atoms with van der Waals surface area (Å²) < 4.78 is 13.9. The lowest BCUT2D eigenvalue weighted by Gasteiger charge is -2.34. The second kappa shape index (κ2) is 9.85. The highest BCUT2D eigenvalue weighted by molar-refractivity contribution is 5.80. The van der Waals surface area contributed by atoms with Crippen molar-refractivity contribution in [2.45, 2.75) is 19.4 Å². The number of pyridine rings is 1. The van der Waals surface area contributed by atoms with E-state index in [2.05, 4.69) is 37.3 Å². The first-order valence-corrected chi connectivity index (χ1v) is 9.97. The topological polar surface area (TPSA) is 59.0 Å². The second-order valence-corrected chi connectivity index (χ2v) is 7.16. The molecule has 0 radical (unpaired) electrons. The molecule has 27 heavy (non-hydrogen) atoms. The van der Waals surface area contributed by atoms with Crippen LogP contribution in [0.4, 0.5) is 10.2 Å². The van der Waals surface area contributed by atoms with Crippen molar-refractivity contribution in [3.05, 3.63) is 24.1 Å². The fraction of sp³-hybridized carbons (Fsp3) is 0.684. The maximum atomic E-state index is 13.9. The van der Waals surface area contributed by atoms with Gasteiger partial charge in [0.05, 0.1) is 0 Å². The van der Waals surface area contributed by atoms with E-state index in [-0.39, 0.29) is 11.9 Å². The number of aromatic nitrogens is 1. The van der Waals surface area contributed by atoms with E-state index in [1.165, 1.54) is 6.07 Å². The first-order chi connectivity index (χ1) is 13.2. The number of nitrogens with one attached hydrogen (secondary N) is 2. The van der Waals surface area contributed by atoms with E-state index in [0.29, 0.717) is 5.82 Å². The fourth-order valence-electron chi connectivity index (χ4n) is 3.73. The average Bonchev–Trinajstić information content (AvgIpc) is 3.16. The predicted octanol–water partition coefficient (Wildman–Crippen LogP) is 0.602. The number of aliphatic imine (C=N–C) groups is 1. The summed E-state index contributed by atoms with van der Waals surface area (Å²) in [4.78, 5) is 15.5. The summed E-state index contributed by atoms with van der Waals surface area (Å²) in [6, 6.07) is 3.33. The van der Waals surface area contributed by atoms with E-state index in [4.69, 9.17) is 0 Å². The maximum absolute atomic E-state index is 13.9. The normalized spacial score (nSPS) is 22.3. The third-order valence-corrected chi connectivity index (χ3v) is 5.42. The van der Waals surface area contributed by atoms with E-state index < -0.39 is 0 Å². The molecule has 150 valence electrons. The molecule has 0 saturated carbocycles. The van der Waals surface area contributed by atoms with Gasteiger partial charge in [0, 0.05) is 71.6 Å². The Morgan fingerprint density at radius 3 is 2.74 bits per heavy atom. The highest BCUT2D eigenvalue weighted by atomic mass is 19.1. The van der Waals surface area contributed by atoms with Crippen LogP contribution in [0.3, 0.4) is 0 Å². The molecule has 0 spiro atoms. The summed E-state index contributed by atoms with van der Waals surface area (Å²) in [5.74, 6) is 0.996. The summed E-state index contributed by atoms with van der Waals surface area (Å²) in [5, 5.41) is 6.87. The minimum absolute atomic E-state index is 0.241. The Morgan fingerprint density at radius 1 is 1.26 bits per heavy atom. The fourth-order valence-corrected chi connectivity index (χ4v) is 3.73. The smallest absolute Gasteiger partial charge is 0.191 e. The molecule has 1 aromatic heterocycles. The third kappa shape index (κ3) is 5.52. The number of piperazine rings is 1. The first kappa shape index (κ1) is 19.8. The van der Waals surface area contributed by atoms with Gasteiger partial charge in [-0.3, -0.25) is 9.89 Å². The minimum Gasteiger partial charge on any atom is -0.355 e. The molecular formula is C19H32FN7. The molecular weight excluding hydrogens is 345 g/mol. The lowest BCUT2D eigenvalue weighted by Crippen LogP contribution is -2.50. The predicted molar refractivity (Wildman–Crippen MR) is 108 cm³/mol. The van der Waals surface area contributed by atoms with E-state index in [1.807, 2.05) is 4.90 Å². The summed E-state index contributed by atoms with van der Waals surface area (Å²) in [6.07, 6.45) is 2.58. The van der Waals surface area contributed by atoms with Crippen LogP contribution in [-0.4, -0.2) is 92.7 Å². The molecule has 7 nitrogen and oxygen atoms in total. The Balaban J connectivity index is 1.39. The molecule has 1 unspecified atom stereocenters. The lowest BCUT2D eigenvalue weighted by molar-refractivity contribution is 0.139. The van der Waals surface area contributed by atoms with Gasteiger partial charge in [-0.05, 0) is 25.1 Å². The van der Waals surface area contributed by atoms with Crippen LogP contribution in [0, 0.1) is 5.82 Å². The molecule has 8 heteroatoms. The summed E-state index contributed by atoms with van der Waals surface area (Å²) in [6.45, 7) is 11.4. The molecule has 0 aliphatic carbocycles. The molecule has 0 aromatic carbocycles. The molecule has 2 aliphatic rings. The van der Waals surface area contributed by atoms with Crippen molar-refractivity contribution in [3.63, 3.8) is 0 Å². The van der Waals surface area contributed by atoms with E-state index in [1.54, 1.807) is 19.3 Å². The Morgan fingerprint density at radius 2 is 2.04 bits per heavy atom. The molecule has 2 N–H and O–H groups in total. The van der Waals surface area contributed by atoms with Gasteiger partial charge in [0.25, 0.3) is 0 Å². The van der Waals surface area contributed by atoms with Crippen molar-refractivity contribution in [1.29, 1.82) is 0 Å². The van der Waals surface area contributed by atoms with Crippen molar-refractivity contribution >= 4 is 11.8 Å². The van der Waals surface area contributed by atoms with E-state index in [9.17, 15) is 4.39 Å². The molecule has 1 atom stereocenters. The maximum Gasteiger partial charge on any atom is 0.191 e. The van der Waals surface area contributed by atoms with Crippen molar-refractivity contribution in [2.24, 2.45) is 4.99 Å². The Labute approximate surface area is 161 Å². The van der Waals surface area contributed by atoms with Crippen molar-refractivity contribution < 1.29 is 4.39 Å². The number of halogens is 1. The molecule has 1 aromatic rings. The Hall–Kier alpha value is -1.93. The van der Waals surface area contributed by atoms with Crippen LogP contribution in [0.1, 0.15) is 13.3 Å². The third-order valence-electron chi connectivity index (χ3n) is 5.42. The van der Waals surface area contributed by atoms with Crippen molar-refractivity contribution in [3.8, 4) is 0 Å². The Bertz CT molecular complexity index is 616. The van der Waals surface area contributed by atoms with Crippen LogP contribution in [-0.2, 0) is 0 Å². The number of hydrogen-bond acceptors (Lipinski definition) is 5. The van der Waals surface area contributed by atoms with Gasteiger partial charge in [-0.1, -0.05) is 6.92 Å². The van der Waals surface area contributed by atoms with Gasteiger partial charge in [0.2, 0.25) is 0 Å². The molecule has 2 aliphatic heterocycles. The van der Waals surface area contributed by atoms with Crippen LogP contribution < -0.4 is 15.5 Å². The van der Waals surface area contributed by atoms with Crippen molar-refractivity contribution in [1.82, 2.24) is 25.4 Å². The van der Waals surface area contributed by atoms with Gasteiger partial charge in [0.15, 0.2) is 17.6 Å². The van der Waals surface area contributed by atoms with Gasteiger partial charge < -0.3 is 20.4 Å². The SMILES string of the molecule is CCN1CCN(CCNC(=NC)NC2CCN(c3ncccc3F)C2)CC1. The van der Waals surface area contributed by atoms with Gasteiger partial charge in [-0.2, -0.15) is 0 Å². The number of hydrogen-bond donors (Lipinski definition) is 2. The zero-order valence-corrected chi connectivity index (χ0v) is 16.5. The highest BCUT2D eigenvalue weighted by Gasteiger charge is 2.26. The molecule has 3 heterocycles. The van der Waals surface area contributed by atoms with Crippen LogP contribution in [0.25, 0.3) is 0 Å². The van der Waals surface area contributed by atoms with Crippen molar-refractivity contribution in [2.75, 3.05) is 70.9 Å². The minimum atomic E-state index is -0.260. The first-order valence-electron chi connectivity index (χ1n) is 9.97. The molecule has 2 fully saturated rings. The van der Waals surface area contributed by atoms with E-state index in [0.717, 1.165) is 71.3 Å². The number of likely N-dealkylation sites (N-methyl/N-ethyl adjacent to an activating group) is 1. The van der Waals surface area contributed by atoms with Gasteiger partial charge >= 0.3 is 0 Å². The monoisotopic (exact) mass is 377 g/mol. The van der Waals surface area contributed by atoms with Gasteiger partial charge in [0.1, 0.15) is 0 Å². The highest BCUT2D eigenvalue weighted by Crippen LogP contribution is 2.20. The lowest BCUT2D eigenvalue weighted by atomic mass is 10.3. The standard InChI is InChI=1S/C19H32FN7/c1-3-25-11-13-26(14-12-25)10-8-23-19(21-2)24-16-6-9-27(15-16)18-17(20)5-4-7-22-18/h4-5,7,16H,3,6,8-15H2,1-2H3,(H2,21,23,24). The largest absolute Gasteiger partial charge is 0.355 e. The number of anilines is 1. The quantitative estimate of drug-likeness (QED) is 0.559. The number of nitrogens with zero attached hydrogens (tertiary/aromatic N) is 5. The summed E-state index contributed by atoms with van der Waals surface area (Å²) in [7, 11) is 1.79. The van der Waals surface area contributed by atoms with Gasteiger partial charge in [-0.25, -0.2) is 9.37 Å². The Kier molecular flexibility index (Phi) is 7.23. The zero-order valence-electron chi connectivity index (χ0n) is 16.5. The molecule has 2 saturated heterocycles. The van der Waals surface area contributed by atoms with Gasteiger partial charge in [-0.15, -0.1) is 0 Å². The number of guanidine groups is 1. The molecule has 0 amide bonds. The molecule has 0 bridgehead atoms. The van der Waals surface area contributed by atoms with Crippen LogP contribution in [0.15, 0.2) is 23.3 Å². The van der Waals surface area contributed by atoms with Crippen LogP contribution >= 0.6 is 0 Å². The molecule has 3 rings (SSSR count). The summed E-state index contributed by atoms with van der Waals surface area (Å²) >= 11 is 0. The number of rotatable bonds is 6. The van der Waals surface area contributed by atoms with Crippen LogP contribution in [0.2, 0.25) is 0 Å². The second-order valence-electron chi connectivity index (χ2n) is 7.16.